The Hall–Kier alpha value is -0.540. The fourth-order valence-electron chi connectivity index (χ4n) is 1.40. The number of nitrogens with zero attached hydrogens (tertiary/aromatic N) is 2. The number of imidazole rings is 1. The predicted molar refractivity (Wildman–Crippen MR) is 61.6 cm³/mol. The van der Waals surface area contributed by atoms with Crippen molar-refractivity contribution in [3.63, 3.8) is 0 Å². The Morgan fingerprint density at radius 1 is 1.57 bits per heavy atom. The average Bonchev–Trinajstić information content (AvgIpc) is 2.67. The van der Waals surface area contributed by atoms with Gasteiger partial charge in [-0.25, -0.2) is 4.98 Å². The number of thiazole rings is 1. The summed E-state index contributed by atoms with van der Waals surface area (Å²) < 4.78 is 2.16. The van der Waals surface area contributed by atoms with Crippen molar-refractivity contribution < 1.29 is 0 Å². The summed E-state index contributed by atoms with van der Waals surface area (Å²) in [7, 11) is 0. The van der Waals surface area contributed by atoms with Crippen LogP contribution in [-0.4, -0.2) is 15.3 Å². The highest BCUT2D eigenvalue weighted by atomic mass is 35.5. The zero-order valence-electron chi connectivity index (χ0n) is 8.33. The maximum absolute atomic E-state index is 5.73. The van der Waals surface area contributed by atoms with Gasteiger partial charge in [0.2, 0.25) is 0 Å². The van der Waals surface area contributed by atoms with Crippen LogP contribution in [0.3, 0.4) is 0 Å². The normalized spacial score (nSPS) is 11.7. The van der Waals surface area contributed by atoms with E-state index in [4.69, 9.17) is 11.6 Å². The van der Waals surface area contributed by atoms with Crippen molar-refractivity contribution in [3.8, 4) is 0 Å². The Labute approximate surface area is 92.5 Å². The van der Waals surface area contributed by atoms with Crippen LogP contribution in [0.25, 0.3) is 4.96 Å². The molecule has 0 saturated heterocycles. The van der Waals surface area contributed by atoms with Crippen molar-refractivity contribution in [2.45, 2.75) is 26.2 Å². The first kappa shape index (κ1) is 9.99. The summed E-state index contributed by atoms with van der Waals surface area (Å²) in [5.74, 6) is 1.16. The summed E-state index contributed by atoms with van der Waals surface area (Å²) >= 11 is 7.42. The van der Waals surface area contributed by atoms with Crippen molar-refractivity contribution in [2.24, 2.45) is 0 Å². The number of aromatic nitrogens is 2. The maximum atomic E-state index is 5.73. The van der Waals surface area contributed by atoms with Crippen LogP contribution in [-0.2, 0) is 6.42 Å². The summed E-state index contributed by atoms with van der Waals surface area (Å²) in [5, 5.41) is 2.13. The Kier molecular flexibility index (Phi) is 2.79. The van der Waals surface area contributed by atoms with E-state index >= 15 is 0 Å². The highest BCUT2D eigenvalue weighted by Gasteiger charge is 2.09. The SMILES string of the molecule is CC(C)c1cn2c(CCCl)csc2n1. The minimum Gasteiger partial charge on any atom is -0.294 e. The quantitative estimate of drug-likeness (QED) is 0.737. The van der Waals surface area contributed by atoms with Crippen molar-refractivity contribution >= 4 is 27.9 Å². The lowest BCUT2D eigenvalue weighted by atomic mass is 10.2. The molecule has 0 atom stereocenters. The summed E-state index contributed by atoms with van der Waals surface area (Å²) in [6.45, 7) is 4.32. The molecule has 4 heteroatoms. The fourth-order valence-corrected chi connectivity index (χ4v) is 2.51. The molecule has 0 saturated carbocycles. The Morgan fingerprint density at radius 2 is 2.36 bits per heavy atom. The van der Waals surface area contributed by atoms with Gasteiger partial charge in [0.25, 0.3) is 0 Å². The topological polar surface area (TPSA) is 17.3 Å². The van der Waals surface area contributed by atoms with E-state index in [1.807, 2.05) is 0 Å². The smallest absolute Gasteiger partial charge is 0.194 e. The first-order chi connectivity index (χ1) is 6.72. The van der Waals surface area contributed by atoms with Gasteiger partial charge in [-0.15, -0.1) is 22.9 Å². The van der Waals surface area contributed by atoms with Crippen LogP contribution in [0.15, 0.2) is 11.6 Å². The zero-order valence-corrected chi connectivity index (χ0v) is 9.90. The van der Waals surface area contributed by atoms with Crippen molar-refractivity contribution in [3.05, 3.63) is 23.0 Å². The molecule has 76 valence electrons. The molecule has 0 fully saturated rings. The highest BCUT2D eigenvalue weighted by molar-refractivity contribution is 7.15. The number of fused-ring (bicyclic) bond motifs is 1. The standard InChI is InChI=1S/C10H13ClN2S/c1-7(2)9-5-13-8(3-4-11)6-14-10(13)12-9/h5-7H,3-4H2,1-2H3. The van der Waals surface area contributed by atoms with Gasteiger partial charge in [0, 0.05) is 29.6 Å². The van der Waals surface area contributed by atoms with Gasteiger partial charge in [-0.1, -0.05) is 13.8 Å². The third kappa shape index (κ3) is 1.66. The molecule has 2 nitrogen and oxygen atoms in total. The monoisotopic (exact) mass is 228 g/mol. The number of alkyl halides is 1. The van der Waals surface area contributed by atoms with Crippen LogP contribution in [0.1, 0.15) is 31.2 Å². The second-order valence-electron chi connectivity index (χ2n) is 3.64. The molecule has 0 bridgehead atoms. The highest BCUT2D eigenvalue weighted by Crippen LogP contribution is 2.21. The predicted octanol–water partition coefficient (Wildman–Crippen LogP) is 3.30. The van der Waals surface area contributed by atoms with Crippen molar-refractivity contribution in [1.82, 2.24) is 9.38 Å². The van der Waals surface area contributed by atoms with Gasteiger partial charge in [0.1, 0.15) is 0 Å². The minimum atomic E-state index is 0.492. The minimum absolute atomic E-state index is 0.492. The molecule has 2 rings (SSSR count). The van der Waals surface area contributed by atoms with Gasteiger partial charge in [-0.2, -0.15) is 0 Å². The van der Waals surface area contributed by atoms with Gasteiger partial charge < -0.3 is 0 Å². The Morgan fingerprint density at radius 3 is 3.00 bits per heavy atom. The number of hydrogen-bond acceptors (Lipinski definition) is 2. The van der Waals surface area contributed by atoms with E-state index in [-0.39, 0.29) is 0 Å². The Bertz CT molecular complexity index is 430. The van der Waals surface area contributed by atoms with E-state index in [0.29, 0.717) is 11.8 Å². The molecule has 0 amide bonds. The number of aryl methyl sites for hydroxylation is 1. The summed E-state index contributed by atoms with van der Waals surface area (Å²) in [6.07, 6.45) is 3.04. The van der Waals surface area contributed by atoms with E-state index in [9.17, 15) is 0 Å². The summed E-state index contributed by atoms with van der Waals surface area (Å²) in [6, 6.07) is 0. The molecule has 0 aliphatic heterocycles. The molecule has 0 aliphatic rings. The summed E-state index contributed by atoms with van der Waals surface area (Å²) in [4.78, 5) is 5.63. The van der Waals surface area contributed by atoms with Crippen LogP contribution in [0.4, 0.5) is 0 Å². The van der Waals surface area contributed by atoms with Gasteiger partial charge >= 0.3 is 0 Å². The van der Waals surface area contributed by atoms with E-state index < -0.39 is 0 Å². The second kappa shape index (κ2) is 3.91. The second-order valence-corrected chi connectivity index (χ2v) is 4.85. The molecule has 2 aromatic heterocycles. The number of rotatable bonds is 3. The third-order valence-corrected chi connectivity index (χ3v) is 3.32. The number of hydrogen-bond donors (Lipinski definition) is 0. The average molecular weight is 229 g/mol. The molecule has 14 heavy (non-hydrogen) atoms. The lowest BCUT2D eigenvalue weighted by Gasteiger charge is -1.96. The van der Waals surface area contributed by atoms with Gasteiger partial charge in [-0.3, -0.25) is 4.40 Å². The molecule has 0 unspecified atom stereocenters. The third-order valence-electron chi connectivity index (χ3n) is 2.24. The van der Waals surface area contributed by atoms with Gasteiger partial charge in [0.05, 0.1) is 5.69 Å². The van der Waals surface area contributed by atoms with Gasteiger partial charge in [-0.05, 0) is 5.92 Å². The van der Waals surface area contributed by atoms with Crippen molar-refractivity contribution in [1.29, 1.82) is 0 Å². The van der Waals surface area contributed by atoms with Crippen LogP contribution in [0.5, 0.6) is 0 Å². The van der Waals surface area contributed by atoms with Crippen LogP contribution in [0, 0.1) is 0 Å². The lowest BCUT2D eigenvalue weighted by Crippen LogP contribution is -1.91. The largest absolute Gasteiger partial charge is 0.294 e. The Balaban J connectivity index is 2.45. The molecule has 0 aromatic carbocycles. The summed E-state index contributed by atoms with van der Waals surface area (Å²) in [5.41, 5.74) is 2.42. The van der Waals surface area contributed by atoms with E-state index in [1.54, 1.807) is 11.3 Å². The molecule has 2 aromatic rings. The van der Waals surface area contributed by atoms with Crippen LogP contribution >= 0.6 is 22.9 Å². The van der Waals surface area contributed by atoms with Crippen molar-refractivity contribution in [2.75, 3.05) is 5.88 Å². The molecule has 0 aliphatic carbocycles. The molecular weight excluding hydrogens is 216 g/mol. The zero-order chi connectivity index (χ0) is 10.1. The lowest BCUT2D eigenvalue weighted by molar-refractivity contribution is 0.832. The molecule has 2 heterocycles. The van der Waals surface area contributed by atoms with E-state index in [1.165, 1.54) is 5.69 Å². The maximum Gasteiger partial charge on any atom is 0.194 e. The van der Waals surface area contributed by atoms with Crippen LogP contribution < -0.4 is 0 Å². The first-order valence-corrected chi connectivity index (χ1v) is 6.15. The molecule has 0 spiro atoms. The number of halogens is 1. The molecule has 0 radical (unpaired) electrons. The first-order valence-electron chi connectivity index (χ1n) is 4.73. The fraction of sp³-hybridized carbons (Fsp3) is 0.500. The van der Waals surface area contributed by atoms with E-state index in [0.717, 1.165) is 17.1 Å². The van der Waals surface area contributed by atoms with E-state index in [2.05, 4.69) is 34.8 Å². The molecule has 0 N–H and O–H groups in total. The molecular formula is C10H13ClN2S. The van der Waals surface area contributed by atoms with Gasteiger partial charge in [0.15, 0.2) is 4.96 Å². The van der Waals surface area contributed by atoms with Crippen LogP contribution in [0.2, 0.25) is 0 Å².